The molecule has 4 atom stereocenters. The second kappa shape index (κ2) is 7.62. The van der Waals surface area contributed by atoms with Crippen LogP contribution in [0.2, 0.25) is 0 Å². The molecule has 2 rings (SSSR count). The molecule has 0 spiro atoms. The number of alkyl carbamates (subject to hydrolysis) is 1. The van der Waals surface area contributed by atoms with E-state index in [1.807, 2.05) is 20.8 Å². The van der Waals surface area contributed by atoms with E-state index < -0.39 is 17.6 Å². The Morgan fingerprint density at radius 3 is 2.48 bits per heavy atom. The van der Waals surface area contributed by atoms with Crippen LogP contribution in [0, 0.1) is 17.8 Å². The predicted octanol–water partition coefficient (Wildman–Crippen LogP) is 2.88. The average Bonchev–Trinajstić information content (AvgIpc) is 3.08. The smallest absolute Gasteiger partial charge is 0.407 e. The van der Waals surface area contributed by atoms with E-state index in [0.29, 0.717) is 6.42 Å². The van der Waals surface area contributed by atoms with Gasteiger partial charge in [0.25, 0.3) is 0 Å². The lowest BCUT2D eigenvalue weighted by Gasteiger charge is -2.25. The van der Waals surface area contributed by atoms with Crippen molar-refractivity contribution in [1.29, 1.82) is 0 Å². The van der Waals surface area contributed by atoms with Gasteiger partial charge >= 0.3 is 12.1 Å². The molecule has 1 saturated carbocycles. The monoisotopic (exact) mass is 354 g/mol. The molecule has 2 aliphatic rings. The largest absolute Gasteiger partial charge is 0.469 e. The van der Waals surface area contributed by atoms with Crippen LogP contribution in [0.1, 0.15) is 53.9 Å². The summed E-state index contributed by atoms with van der Waals surface area (Å²) in [4.78, 5) is 30.0. The minimum atomic E-state index is -0.581. The van der Waals surface area contributed by atoms with Crippen molar-refractivity contribution in [1.82, 2.24) is 5.32 Å². The number of oxime groups is 1. The maximum Gasteiger partial charge on any atom is 0.407 e. The summed E-state index contributed by atoms with van der Waals surface area (Å²) in [5.41, 5.74) is 0.352. The fourth-order valence-electron chi connectivity index (χ4n) is 3.77. The molecular weight excluding hydrogens is 324 g/mol. The molecule has 1 N–H and O–H groups in total. The number of amides is 1. The summed E-state index contributed by atoms with van der Waals surface area (Å²) in [6.07, 6.45) is 1.45. The maximum atomic E-state index is 12.2. The highest BCUT2D eigenvalue weighted by molar-refractivity contribution is 5.93. The lowest BCUT2D eigenvalue weighted by molar-refractivity contribution is -0.149. The highest BCUT2D eigenvalue weighted by atomic mass is 16.6. The molecule has 1 fully saturated rings. The minimum Gasteiger partial charge on any atom is -0.469 e. The van der Waals surface area contributed by atoms with Gasteiger partial charge in [-0.25, -0.2) is 4.79 Å². The fraction of sp³-hybridized carbons (Fsp3) is 0.833. The number of fused-ring (bicyclic) bond motifs is 1. The molecule has 1 heterocycles. The number of carbonyl (C=O) groups is 2. The fourth-order valence-corrected chi connectivity index (χ4v) is 3.77. The van der Waals surface area contributed by atoms with E-state index in [-0.39, 0.29) is 30.0 Å². The molecule has 25 heavy (non-hydrogen) atoms. The number of hydrogen-bond acceptors (Lipinski definition) is 6. The second-order valence-corrected chi connectivity index (χ2v) is 7.74. The first kappa shape index (κ1) is 19.5. The Balaban J connectivity index is 2.20. The molecule has 0 saturated heterocycles. The predicted molar refractivity (Wildman–Crippen MR) is 93.2 cm³/mol. The highest BCUT2D eigenvalue weighted by Gasteiger charge is 2.55. The number of nitrogens with zero attached hydrogens (tertiary/aromatic N) is 1. The number of methoxy groups -OCH3 is 1. The van der Waals surface area contributed by atoms with Gasteiger partial charge in [-0.05, 0) is 40.0 Å². The summed E-state index contributed by atoms with van der Waals surface area (Å²) in [6, 6.07) is -0.259. The molecule has 0 aromatic carbocycles. The van der Waals surface area contributed by atoms with Crippen molar-refractivity contribution in [3.63, 3.8) is 0 Å². The van der Waals surface area contributed by atoms with Crippen molar-refractivity contribution in [2.75, 3.05) is 7.11 Å². The molecule has 0 radical (unpaired) electrons. The Bertz CT molecular complexity index is 536. The summed E-state index contributed by atoms with van der Waals surface area (Å²) in [5.74, 6) is -0.620. The number of carbonyl (C=O) groups excluding carboxylic acids is 2. The Kier molecular flexibility index (Phi) is 5.95. The highest BCUT2D eigenvalue weighted by Crippen LogP contribution is 2.42. The lowest BCUT2D eigenvalue weighted by atomic mass is 9.84. The van der Waals surface area contributed by atoms with Crippen molar-refractivity contribution in [3.8, 4) is 0 Å². The molecular formula is C18H30N2O5. The van der Waals surface area contributed by atoms with Gasteiger partial charge in [-0.15, -0.1) is 0 Å². The van der Waals surface area contributed by atoms with Crippen molar-refractivity contribution in [2.24, 2.45) is 22.9 Å². The molecule has 7 heteroatoms. The number of esters is 1. The topological polar surface area (TPSA) is 86.2 Å². The zero-order valence-corrected chi connectivity index (χ0v) is 16.0. The van der Waals surface area contributed by atoms with Crippen LogP contribution in [0.4, 0.5) is 4.79 Å². The summed E-state index contributed by atoms with van der Waals surface area (Å²) in [7, 11) is 1.36. The standard InChI is InChI=1S/C18H30N2O5/c1-7-10(8-2)14-13-12(19-17(22)24-18(3,4)5)9-11(16(21)23-6)15(13)25-20-14/h10-13,15H,7-9H2,1-6H3,(H,19,22)/t11-,12+,13+,15+/m0/s1. The van der Waals surface area contributed by atoms with Gasteiger partial charge in [-0.2, -0.15) is 0 Å². The third-order valence-corrected chi connectivity index (χ3v) is 4.92. The molecule has 1 aliphatic carbocycles. The van der Waals surface area contributed by atoms with Crippen molar-refractivity contribution in [2.45, 2.75) is 71.6 Å². The first-order valence-corrected chi connectivity index (χ1v) is 9.02. The van der Waals surface area contributed by atoms with Gasteiger partial charge in [0, 0.05) is 12.0 Å². The summed E-state index contributed by atoms with van der Waals surface area (Å²) >= 11 is 0. The van der Waals surface area contributed by atoms with Crippen molar-refractivity contribution in [3.05, 3.63) is 0 Å². The van der Waals surface area contributed by atoms with Gasteiger partial charge in [-0.3, -0.25) is 4.79 Å². The van der Waals surface area contributed by atoms with Crippen LogP contribution in [0.25, 0.3) is 0 Å². The van der Waals surface area contributed by atoms with Crippen LogP contribution >= 0.6 is 0 Å². The molecule has 142 valence electrons. The van der Waals surface area contributed by atoms with Gasteiger partial charge in [0.15, 0.2) is 6.10 Å². The van der Waals surface area contributed by atoms with Gasteiger partial charge < -0.3 is 19.6 Å². The SMILES string of the molecule is CCC(CC)C1=NO[C@H]2[C@@H]1[C@H](NC(=O)OC(C)(C)C)C[C@@H]2C(=O)OC. The second-order valence-electron chi connectivity index (χ2n) is 7.74. The molecule has 0 aromatic rings. The van der Waals surface area contributed by atoms with Crippen LogP contribution in [-0.2, 0) is 19.1 Å². The van der Waals surface area contributed by atoms with Gasteiger partial charge in [0.2, 0.25) is 0 Å². The zero-order valence-electron chi connectivity index (χ0n) is 16.0. The van der Waals surface area contributed by atoms with Crippen LogP contribution in [0.3, 0.4) is 0 Å². The molecule has 1 aliphatic heterocycles. The third-order valence-electron chi connectivity index (χ3n) is 4.92. The maximum absolute atomic E-state index is 12.2. The van der Waals surface area contributed by atoms with E-state index in [1.165, 1.54) is 7.11 Å². The lowest BCUT2D eigenvalue weighted by Crippen LogP contribution is -2.45. The van der Waals surface area contributed by atoms with E-state index in [2.05, 4.69) is 24.3 Å². The average molecular weight is 354 g/mol. The third kappa shape index (κ3) is 4.25. The molecule has 0 aromatic heterocycles. The molecule has 0 bridgehead atoms. The zero-order chi connectivity index (χ0) is 18.8. The molecule has 0 unspecified atom stereocenters. The minimum absolute atomic E-state index is 0.124. The number of nitrogens with one attached hydrogen (secondary N) is 1. The number of ether oxygens (including phenoxy) is 2. The Morgan fingerprint density at radius 2 is 1.96 bits per heavy atom. The van der Waals surface area contributed by atoms with Crippen LogP contribution < -0.4 is 5.32 Å². The van der Waals surface area contributed by atoms with Crippen molar-refractivity contribution < 1.29 is 23.9 Å². The van der Waals surface area contributed by atoms with Crippen LogP contribution in [-0.4, -0.2) is 42.6 Å². The summed E-state index contributed by atoms with van der Waals surface area (Å²) in [5, 5.41) is 7.20. The van der Waals surface area contributed by atoms with Crippen molar-refractivity contribution >= 4 is 17.8 Å². The number of rotatable bonds is 5. The Hall–Kier alpha value is -1.79. The molecule has 7 nitrogen and oxygen atoms in total. The van der Waals surface area contributed by atoms with E-state index >= 15 is 0 Å². The van der Waals surface area contributed by atoms with Gasteiger partial charge in [0.05, 0.1) is 24.7 Å². The number of hydrogen-bond donors (Lipinski definition) is 1. The normalized spacial score (nSPS) is 28.2. The summed E-state index contributed by atoms with van der Waals surface area (Å²) in [6.45, 7) is 9.66. The Morgan fingerprint density at radius 1 is 1.32 bits per heavy atom. The van der Waals surface area contributed by atoms with Gasteiger partial charge in [-0.1, -0.05) is 19.0 Å². The molecule has 1 amide bonds. The first-order valence-electron chi connectivity index (χ1n) is 9.02. The first-order chi connectivity index (χ1) is 11.7. The van der Waals surface area contributed by atoms with E-state index in [0.717, 1.165) is 18.6 Å². The summed E-state index contributed by atoms with van der Waals surface area (Å²) < 4.78 is 10.3. The Labute approximate surface area is 149 Å². The van der Waals surface area contributed by atoms with Crippen LogP contribution in [0.5, 0.6) is 0 Å². The van der Waals surface area contributed by atoms with Crippen LogP contribution in [0.15, 0.2) is 5.16 Å². The quantitative estimate of drug-likeness (QED) is 0.767. The van der Waals surface area contributed by atoms with Gasteiger partial charge in [0.1, 0.15) is 5.60 Å². The van der Waals surface area contributed by atoms with E-state index in [4.69, 9.17) is 14.3 Å². The van der Waals surface area contributed by atoms with E-state index in [1.54, 1.807) is 0 Å². The van der Waals surface area contributed by atoms with E-state index in [9.17, 15) is 9.59 Å².